The van der Waals surface area contributed by atoms with Crippen LogP contribution in [0.4, 0.5) is 10.5 Å². The molecule has 0 radical (unpaired) electrons. The molecule has 1 fully saturated rings. The van der Waals surface area contributed by atoms with Gasteiger partial charge in [-0.2, -0.15) is 0 Å². The van der Waals surface area contributed by atoms with Crippen LogP contribution in [-0.2, 0) is 19.9 Å². The second kappa shape index (κ2) is 8.36. The summed E-state index contributed by atoms with van der Waals surface area (Å²) in [5.41, 5.74) is 6.19. The first kappa shape index (κ1) is 21.0. The molecule has 30 heavy (non-hydrogen) atoms. The lowest BCUT2D eigenvalue weighted by molar-refractivity contribution is -0.134. The maximum Gasteiger partial charge on any atom is 0.325 e. The second-order valence-corrected chi connectivity index (χ2v) is 7.41. The van der Waals surface area contributed by atoms with E-state index < -0.39 is 35.8 Å². The Morgan fingerprint density at radius 2 is 1.70 bits per heavy atom. The summed E-state index contributed by atoms with van der Waals surface area (Å²) in [5, 5.41) is 2.69. The van der Waals surface area contributed by atoms with Crippen molar-refractivity contribution in [2.45, 2.75) is 25.8 Å². The number of nitrogens with zero attached hydrogens (tertiary/aromatic N) is 2. The third-order valence-corrected chi connectivity index (χ3v) is 5.15. The molecule has 0 spiro atoms. The molecular weight excluding hydrogens is 384 g/mol. The summed E-state index contributed by atoms with van der Waals surface area (Å²) in [6.07, 6.45) is -0.0398. The van der Waals surface area contributed by atoms with Crippen molar-refractivity contribution in [1.82, 2.24) is 10.2 Å². The molecule has 0 aromatic heterocycles. The number of carbonyl (C=O) groups excluding carboxylic acids is 4. The Labute approximate surface area is 174 Å². The maximum atomic E-state index is 13.1. The molecule has 2 aromatic rings. The fraction of sp³-hybridized carbons (Fsp3) is 0.273. The molecule has 1 saturated heterocycles. The van der Waals surface area contributed by atoms with Crippen molar-refractivity contribution in [3.63, 3.8) is 0 Å². The van der Waals surface area contributed by atoms with Gasteiger partial charge in [-0.05, 0) is 31.5 Å². The number of primary amides is 1. The number of para-hydroxylation sites is 1. The highest BCUT2D eigenvalue weighted by molar-refractivity contribution is 6.10. The van der Waals surface area contributed by atoms with Gasteiger partial charge in [0.1, 0.15) is 12.1 Å². The van der Waals surface area contributed by atoms with Crippen molar-refractivity contribution in [1.29, 1.82) is 0 Å². The number of carbonyl (C=O) groups is 4. The zero-order valence-corrected chi connectivity index (χ0v) is 16.9. The van der Waals surface area contributed by atoms with Crippen molar-refractivity contribution in [3.05, 3.63) is 65.7 Å². The van der Waals surface area contributed by atoms with Gasteiger partial charge in [-0.15, -0.1) is 0 Å². The summed E-state index contributed by atoms with van der Waals surface area (Å²) in [5.74, 6) is -1.54. The van der Waals surface area contributed by atoms with Crippen LogP contribution in [0.15, 0.2) is 54.6 Å². The number of amides is 5. The van der Waals surface area contributed by atoms with E-state index in [0.717, 1.165) is 10.5 Å². The van der Waals surface area contributed by atoms with E-state index in [-0.39, 0.29) is 13.0 Å². The minimum atomic E-state index is -1.25. The molecular formula is C22H24N4O4. The van der Waals surface area contributed by atoms with Crippen LogP contribution in [0.1, 0.15) is 24.5 Å². The lowest BCUT2D eigenvalue weighted by atomic mass is 9.91. The van der Waals surface area contributed by atoms with Crippen LogP contribution in [0.25, 0.3) is 0 Å². The monoisotopic (exact) mass is 408 g/mol. The molecule has 1 aliphatic rings. The van der Waals surface area contributed by atoms with E-state index in [1.54, 1.807) is 49.4 Å². The van der Waals surface area contributed by atoms with Gasteiger partial charge in [0, 0.05) is 18.7 Å². The fourth-order valence-electron chi connectivity index (χ4n) is 3.37. The Morgan fingerprint density at radius 1 is 1.07 bits per heavy atom. The number of anilines is 1. The van der Waals surface area contributed by atoms with Crippen molar-refractivity contribution < 1.29 is 19.2 Å². The number of urea groups is 1. The molecule has 0 aliphatic carbocycles. The molecule has 5 amide bonds. The lowest BCUT2D eigenvalue weighted by Crippen LogP contribution is -2.45. The van der Waals surface area contributed by atoms with Crippen molar-refractivity contribution in [2.24, 2.45) is 5.73 Å². The molecule has 1 atom stereocenters. The Bertz CT molecular complexity index is 974. The minimum Gasteiger partial charge on any atom is -0.370 e. The first-order chi connectivity index (χ1) is 14.2. The SMILES string of the molecule is Cc1ccc([C@@]2(C)NC(=O)N(CC(=O)N(CCC(N)=O)c3ccccc3)C2=O)cc1. The molecule has 1 heterocycles. The molecule has 0 saturated carbocycles. The van der Waals surface area contributed by atoms with E-state index in [1.165, 1.54) is 4.90 Å². The summed E-state index contributed by atoms with van der Waals surface area (Å²) >= 11 is 0. The number of aryl methyl sites for hydroxylation is 1. The predicted molar refractivity (Wildman–Crippen MR) is 111 cm³/mol. The van der Waals surface area contributed by atoms with Crippen LogP contribution in [-0.4, -0.2) is 41.7 Å². The standard InChI is InChI=1S/C22H24N4O4/c1-15-8-10-16(11-9-15)22(2)20(29)26(21(30)24-22)14-19(28)25(13-12-18(23)27)17-6-4-3-5-7-17/h3-11H,12-14H2,1-2H3,(H2,23,27)(H,24,30)/t22-/m1/s1. The summed E-state index contributed by atoms with van der Waals surface area (Å²) < 4.78 is 0. The van der Waals surface area contributed by atoms with E-state index in [1.807, 2.05) is 19.1 Å². The summed E-state index contributed by atoms with van der Waals surface area (Å²) in [6, 6.07) is 15.4. The summed E-state index contributed by atoms with van der Waals surface area (Å²) in [6.45, 7) is 3.15. The number of benzene rings is 2. The highest BCUT2D eigenvalue weighted by atomic mass is 16.2. The Hall–Kier alpha value is -3.68. The van der Waals surface area contributed by atoms with Gasteiger partial charge in [-0.1, -0.05) is 48.0 Å². The topological polar surface area (TPSA) is 113 Å². The minimum absolute atomic E-state index is 0.0398. The molecule has 0 bridgehead atoms. The van der Waals surface area contributed by atoms with Crippen LogP contribution < -0.4 is 16.0 Å². The third kappa shape index (κ3) is 4.17. The fourth-order valence-corrected chi connectivity index (χ4v) is 3.37. The van der Waals surface area contributed by atoms with Crippen LogP contribution in [0.5, 0.6) is 0 Å². The van der Waals surface area contributed by atoms with E-state index in [4.69, 9.17) is 5.73 Å². The van der Waals surface area contributed by atoms with Crippen LogP contribution >= 0.6 is 0 Å². The number of nitrogens with two attached hydrogens (primary N) is 1. The molecule has 3 N–H and O–H groups in total. The summed E-state index contributed by atoms with van der Waals surface area (Å²) in [4.78, 5) is 52.1. The van der Waals surface area contributed by atoms with Crippen LogP contribution in [0, 0.1) is 6.92 Å². The van der Waals surface area contributed by atoms with Crippen molar-refractivity contribution in [3.8, 4) is 0 Å². The van der Waals surface area contributed by atoms with Gasteiger partial charge in [-0.25, -0.2) is 4.79 Å². The summed E-state index contributed by atoms with van der Waals surface area (Å²) in [7, 11) is 0. The average molecular weight is 408 g/mol. The predicted octanol–water partition coefficient (Wildman–Crippen LogP) is 1.67. The van der Waals surface area contributed by atoms with E-state index in [2.05, 4.69) is 5.32 Å². The maximum absolute atomic E-state index is 13.1. The van der Waals surface area contributed by atoms with Crippen molar-refractivity contribution >= 4 is 29.4 Å². The molecule has 156 valence electrons. The van der Waals surface area contributed by atoms with Crippen LogP contribution in [0.2, 0.25) is 0 Å². The van der Waals surface area contributed by atoms with Gasteiger partial charge < -0.3 is 16.0 Å². The zero-order chi connectivity index (χ0) is 21.9. The first-order valence-corrected chi connectivity index (χ1v) is 9.57. The van der Waals surface area contributed by atoms with E-state index >= 15 is 0 Å². The van der Waals surface area contributed by atoms with Gasteiger partial charge in [0.25, 0.3) is 5.91 Å². The molecule has 1 aliphatic heterocycles. The normalized spacial score (nSPS) is 18.3. The smallest absolute Gasteiger partial charge is 0.325 e. The van der Waals surface area contributed by atoms with Gasteiger partial charge in [-0.3, -0.25) is 19.3 Å². The Morgan fingerprint density at radius 3 is 2.30 bits per heavy atom. The zero-order valence-electron chi connectivity index (χ0n) is 16.9. The Kier molecular flexibility index (Phi) is 5.86. The molecule has 2 aromatic carbocycles. The molecule has 0 unspecified atom stereocenters. The van der Waals surface area contributed by atoms with E-state index in [9.17, 15) is 19.2 Å². The largest absolute Gasteiger partial charge is 0.370 e. The van der Waals surface area contributed by atoms with E-state index in [0.29, 0.717) is 11.3 Å². The quantitative estimate of drug-likeness (QED) is 0.679. The molecule has 8 nitrogen and oxygen atoms in total. The first-order valence-electron chi connectivity index (χ1n) is 9.57. The van der Waals surface area contributed by atoms with Gasteiger partial charge in [0.15, 0.2) is 0 Å². The van der Waals surface area contributed by atoms with Crippen LogP contribution in [0.3, 0.4) is 0 Å². The van der Waals surface area contributed by atoms with Gasteiger partial charge in [0.05, 0.1) is 0 Å². The molecule has 3 rings (SSSR count). The van der Waals surface area contributed by atoms with Crippen molar-refractivity contribution in [2.75, 3.05) is 18.0 Å². The lowest BCUT2D eigenvalue weighted by Gasteiger charge is -2.25. The number of imide groups is 1. The highest BCUT2D eigenvalue weighted by Gasteiger charge is 2.49. The number of hydrogen-bond donors (Lipinski definition) is 2. The number of nitrogens with one attached hydrogen (secondary N) is 1. The third-order valence-electron chi connectivity index (χ3n) is 5.15. The van der Waals surface area contributed by atoms with Gasteiger partial charge >= 0.3 is 6.03 Å². The second-order valence-electron chi connectivity index (χ2n) is 7.41. The average Bonchev–Trinajstić information content (AvgIpc) is 2.93. The highest BCUT2D eigenvalue weighted by Crippen LogP contribution is 2.29. The molecule has 8 heteroatoms. The Balaban J connectivity index is 1.82. The number of hydrogen-bond acceptors (Lipinski definition) is 4. The van der Waals surface area contributed by atoms with Gasteiger partial charge in [0.2, 0.25) is 11.8 Å². The number of rotatable bonds is 7.